The summed E-state index contributed by atoms with van der Waals surface area (Å²) in [7, 11) is 1.76. The average Bonchev–Trinajstić information content (AvgIpc) is 2.70. The highest BCUT2D eigenvalue weighted by molar-refractivity contribution is 7.09. The molecule has 1 N–H and O–H groups in total. The molecular formula is C11H20N2OS. The van der Waals surface area contributed by atoms with E-state index < -0.39 is 0 Å². The highest BCUT2D eigenvalue weighted by Crippen LogP contribution is 2.11. The Kier molecular flexibility index (Phi) is 5.83. The molecule has 0 aliphatic carbocycles. The summed E-state index contributed by atoms with van der Waals surface area (Å²) in [5.74, 6) is 0. The molecule has 1 aromatic heterocycles. The standard InChI is InChI=1S/C11H20N2OS/c1-4-12-10(7-9(2)14-3)8-11-13-5-6-15-11/h5-6,9-10,12H,4,7-8H2,1-3H3. The lowest BCUT2D eigenvalue weighted by Gasteiger charge is -2.20. The summed E-state index contributed by atoms with van der Waals surface area (Å²) in [6.45, 7) is 5.23. The Balaban J connectivity index is 2.43. The zero-order chi connectivity index (χ0) is 11.1. The van der Waals surface area contributed by atoms with Gasteiger partial charge >= 0.3 is 0 Å². The van der Waals surface area contributed by atoms with E-state index in [4.69, 9.17) is 4.74 Å². The minimum atomic E-state index is 0.300. The third kappa shape index (κ3) is 4.73. The lowest BCUT2D eigenvalue weighted by Crippen LogP contribution is -2.34. The van der Waals surface area contributed by atoms with Crippen LogP contribution in [0.15, 0.2) is 11.6 Å². The van der Waals surface area contributed by atoms with Gasteiger partial charge in [-0.25, -0.2) is 4.98 Å². The van der Waals surface area contributed by atoms with E-state index in [0.717, 1.165) is 19.4 Å². The van der Waals surface area contributed by atoms with Gasteiger partial charge in [-0.05, 0) is 19.9 Å². The molecule has 2 unspecified atom stereocenters. The molecule has 0 radical (unpaired) electrons. The van der Waals surface area contributed by atoms with E-state index in [2.05, 4.69) is 24.1 Å². The largest absolute Gasteiger partial charge is 0.382 e. The summed E-state index contributed by atoms with van der Waals surface area (Å²) in [4.78, 5) is 4.31. The van der Waals surface area contributed by atoms with Crippen LogP contribution in [-0.4, -0.2) is 30.8 Å². The van der Waals surface area contributed by atoms with Gasteiger partial charge in [-0.1, -0.05) is 6.92 Å². The molecular weight excluding hydrogens is 208 g/mol. The zero-order valence-electron chi connectivity index (χ0n) is 9.69. The van der Waals surface area contributed by atoms with Crippen molar-refractivity contribution in [3.63, 3.8) is 0 Å². The molecule has 0 amide bonds. The Hall–Kier alpha value is -0.450. The molecule has 0 saturated carbocycles. The number of methoxy groups -OCH3 is 1. The number of rotatable bonds is 7. The maximum atomic E-state index is 5.29. The number of ether oxygens (including phenoxy) is 1. The first-order valence-corrected chi connectivity index (χ1v) is 6.28. The number of hydrogen-bond donors (Lipinski definition) is 1. The van der Waals surface area contributed by atoms with Crippen molar-refractivity contribution >= 4 is 11.3 Å². The van der Waals surface area contributed by atoms with E-state index in [1.165, 1.54) is 5.01 Å². The molecule has 3 nitrogen and oxygen atoms in total. The van der Waals surface area contributed by atoms with Crippen molar-refractivity contribution in [2.45, 2.75) is 38.8 Å². The fraction of sp³-hybridized carbons (Fsp3) is 0.727. The van der Waals surface area contributed by atoms with Gasteiger partial charge in [-0.2, -0.15) is 0 Å². The monoisotopic (exact) mass is 228 g/mol. The predicted molar refractivity (Wildman–Crippen MR) is 64.4 cm³/mol. The van der Waals surface area contributed by atoms with Gasteiger partial charge < -0.3 is 10.1 Å². The highest BCUT2D eigenvalue weighted by atomic mass is 32.1. The lowest BCUT2D eigenvalue weighted by molar-refractivity contribution is 0.101. The first-order valence-electron chi connectivity index (χ1n) is 5.40. The number of likely N-dealkylation sites (N-methyl/N-ethyl adjacent to an activating group) is 1. The fourth-order valence-corrected chi connectivity index (χ4v) is 2.29. The first-order chi connectivity index (χ1) is 7.26. The van der Waals surface area contributed by atoms with Crippen LogP contribution in [0.3, 0.4) is 0 Å². The van der Waals surface area contributed by atoms with Gasteiger partial charge in [0.15, 0.2) is 0 Å². The van der Waals surface area contributed by atoms with Crippen molar-refractivity contribution in [1.82, 2.24) is 10.3 Å². The van der Waals surface area contributed by atoms with E-state index in [0.29, 0.717) is 12.1 Å². The Bertz CT molecular complexity index is 251. The first kappa shape index (κ1) is 12.6. The van der Waals surface area contributed by atoms with Crippen LogP contribution < -0.4 is 5.32 Å². The van der Waals surface area contributed by atoms with Crippen LogP contribution in [-0.2, 0) is 11.2 Å². The lowest BCUT2D eigenvalue weighted by atomic mass is 10.1. The summed E-state index contributed by atoms with van der Waals surface area (Å²) in [5.41, 5.74) is 0. The van der Waals surface area contributed by atoms with Gasteiger partial charge in [0, 0.05) is 31.1 Å². The van der Waals surface area contributed by atoms with Crippen LogP contribution in [0.2, 0.25) is 0 Å². The number of nitrogens with zero attached hydrogens (tertiary/aromatic N) is 1. The minimum absolute atomic E-state index is 0.300. The van der Waals surface area contributed by atoms with Crippen molar-refractivity contribution in [2.75, 3.05) is 13.7 Å². The molecule has 15 heavy (non-hydrogen) atoms. The second-order valence-electron chi connectivity index (χ2n) is 3.67. The Morgan fingerprint density at radius 2 is 2.40 bits per heavy atom. The summed E-state index contributed by atoms with van der Waals surface area (Å²) < 4.78 is 5.29. The van der Waals surface area contributed by atoms with Gasteiger partial charge in [0.1, 0.15) is 0 Å². The highest BCUT2D eigenvalue weighted by Gasteiger charge is 2.13. The van der Waals surface area contributed by atoms with Crippen LogP contribution >= 0.6 is 11.3 Å². The molecule has 0 bridgehead atoms. The molecule has 1 aromatic rings. The van der Waals surface area contributed by atoms with Crippen molar-refractivity contribution in [1.29, 1.82) is 0 Å². The third-order valence-electron chi connectivity index (χ3n) is 2.42. The third-order valence-corrected chi connectivity index (χ3v) is 3.22. The van der Waals surface area contributed by atoms with E-state index in [9.17, 15) is 0 Å². The number of hydrogen-bond acceptors (Lipinski definition) is 4. The second-order valence-corrected chi connectivity index (χ2v) is 4.65. The van der Waals surface area contributed by atoms with Crippen molar-refractivity contribution in [3.8, 4) is 0 Å². The maximum Gasteiger partial charge on any atom is 0.0940 e. The summed E-state index contributed by atoms with van der Waals surface area (Å²) in [6, 6.07) is 0.469. The zero-order valence-corrected chi connectivity index (χ0v) is 10.5. The fourth-order valence-electron chi connectivity index (χ4n) is 1.59. The summed E-state index contributed by atoms with van der Waals surface area (Å²) >= 11 is 1.72. The molecule has 4 heteroatoms. The van der Waals surface area contributed by atoms with Gasteiger partial charge in [0.25, 0.3) is 0 Å². The van der Waals surface area contributed by atoms with Crippen molar-refractivity contribution in [3.05, 3.63) is 16.6 Å². The molecule has 0 spiro atoms. The number of thiazole rings is 1. The maximum absolute atomic E-state index is 5.29. The number of aromatic nitrogens is 1. The minimum Gasteiger partial charge on any atom is -0.382 e. The summed E-state index contributed by atoms with van der Waals surface area (Å²) in [5, 5.41) is 6.70. The molecule has 2 atom stereocenters. The Labute approximate surface area is 95.9 Å². The van der Waals surface area contributed by atoms with Crippen molar-refractivity contribution in [2.24, 2.45) is 0 Å². The molecule has 0 aliphatic rings. The van der Waals surface area contributed by atoms with E-state index in [1.807, 2.05) is 11.6 Å². The van der Waals surface area contributed by atoms with E-state index in [-0.39, 0.29) is 0 Å². The van der Waals surface area contributed by atoms with Crippen LogP contribution in [0, 0.1) is 0 Å². The van der Waals surface area contributed by atoms with E-state index >= 15 is 0 Å². The van der Waals surface area contributed by atoms with Gasteiger partial charge in [0.05, 0.1) is 11.1 Å². The topological polar surface area (TPSA) is 34.2 Å². The Morgan fingerprint density at radius 1 is 1.60 bits per heavy atom. The van der Waals surface area contributed by atoms with Gasteiger partial charge in [-0.3, -0.25) is 0 Å². The Morgan fingerprint density at radius 3 is 2.93 bits per heavy atom. The normalized spacial score (nSPS) is 15.1. The van der Waals surface area contributed by atoms with Crippen LogP contribution in [0.1, 0.15) is 25.3 Å². The molecule has 0 saturated heterocycles. The summed E-state index contributed by atoms with van der Waals surface area (Å²) in [6.07, 6.45) is 4.19. The van der Waals surface area contributed by atoms with E-state index in [1.54, 1.807) is 18.4 Å². The second kappa shape index (κ2) is 6.93. The molecule has 1 heterocycles. The molecule has 86 valence electrons. The molecule has 0 aromatic carbocycles. The molecule has 0 fully saturated rings. The SMILES string of the molecule is CCNC(Cc1nccs1)CC(C)OC. The number of nitrogens with one attached hydrogen (secondary N) is 1. The quantitative estimate of drug-likeness (QED) is 0.776. The van der Waals surface area contributed by atoms with Crippen LogP contribution in [0.5, 0.6) is 0 Å². The van der Waals surface area contributed by atoms with Gasteiger partial charge in [0.2, 0.25) is 0 Å². The molecule has 0 aliphatic heterocycles. The van der Waals surface area contributed by atoms with Crippen LogP contribution in [0.25, 0.3) is 0 Å². The van der Waals surface area contributed by atoms with Gasteiger partial charge in [-0.15, -0.1) is 11.3 Å². The van der Waals surface area contributed by atoms with Crippen molar-refractivity contribution < 1.29 is 4.74 Å². The van der Waals surface area contributed by atoms with Crippen LogP contribution in [0.4, 0.5) is 0 Å². The smallest absolute Gasteiger partial charge is 0.0940 e. The predicted octanol–water partition coefficient (Wildman–Crippen LogP) is 2.09. The molecule has 1 rings (SSSR count). The average molecular weight is 228 g/mol.